The molecule has 2 N–H and O–H groups in total. The van der Waals surface area contributed by atoms with Crippen molar-refractivity contribution in [1.82, 2.24) is 0 Å². The summed E-state index contributed by atoms with van der Waals surface area (Å²) in [6.45, 7) is 6.99. The monoisotopic (exact) mass is 364 g/mol. The zero-order valence-corrected chi connectivity index (χ0v) is 15.9. The van der Waals surface area contributed by atoms with Crippen LogP contribution >= 0.6 is 0 Å². The number of nitrogens with two attached hydrogens (primary N) is 1. The summed E-state index contributed by atoms with van der Waals surface area (Å²) in [5.74, 6) is 1.02. The summed E-state index contributed by atoms with van der Waals surface area (Å²) in [5, 5.41) is 9.00. The van der Waals surface area contributed by atoms with Crippen LogP contribution in [0.1, 0.15) is 36.5 Å². The molecule has 0 saturated heterocycles. The molecular formula is C22H24N2O3. The third kappa shape index (κ3) is 5.61. The predicted octanol–water partition coefficient (Wildman–Crippen LogP) is 3.97. The van der Waals surface area contributed by atoms with E-state index in [1.807, 2.05) is 19.1 Å². The quantitative estimate of drug-likeness (QED) is 0.436. The van der Waals surface area contributed by atoms with Crippen molar-refractivity contribution in [3.63, 3.8) is 0 Å². The lowest BCUT2D eigenvalue weighted by Gasteiger charge is -2.15. The maximum absolute atomic E-state index is 11.2. The lowest BCUT2D eigenvalue weighted by Crippen LogP contribution is -2.13. The van der Waals surface area contributed by atoms with Crippen LogP contribution < -0.4 is 15.2 Å². The molecule has 0 fully saturated rings. The molecule has 27 heavy (non-hydrogen) atoms. The second-order valence-electron chi connectivity index (χ2n) is 6.46. The van der Waals surface area contributed by atoms with Crippen molar-refractivity contribution < 1.29 is 14.3 Å². The molecule has 0 heterocycles. The van der Waals surface area contributed by atoms with Gasteiger partial charge in [-0.2, -0.15) is 5.26 Å². The van der Waals surface area contributed by atoms with Gasteiger partial charge in [-0.1, -0.05) is 44.2 Å². The smallest absolute Gasteiger partial charge is 0.259 e. The first kappa shape index (κ1) is 20.1. The largest absolute Gasteiger partial charge is 0.490 e. The van der Waals surface area contributed by atoms with Gasteiger partial charge in [-0.15, -0.1) is 0 Å². The maximum Gasteiger partial charge on any atom is 0.259 e. The number of hydrogen-bond donors (Lipinski definition) is 1. The van der Waals surface area contributed by atoms with E-state index in [1.165, 1.54) is 6.08 Å². The molecule has 0 aliphatic carbocycles. The number of primary amides is 1. The van der Waals surface area contributed by atoms with E-state index in [1.54, 1.807) is 24.3 Å². The fourth-order valence-electron chi connectivity index (χ4n) is 2.59. The highest BCUT2D eigenvalue weighted by atomic mass is 16.5. The Labute approximate surface area is 160 Å². The van der Waals surface area contributed by atoms with Crippen LogP contribution in [0.2, 0.25) is 0 Å². The Hall–Kier alpha value is -3.26. The Morgan fingerprint density at radius 1 is 1.15 bits per heavy atom. The van der Waals surface area contributed by atoms with E-state index in [0.29, 0.717) is 30.4 Å². The number of nitrogens with zero attached hydrogens (tertiary/aromatic N) is 1. The summed E-state index contributed by atoms with van der Waals surface area (Å²) >= 11 is 0. The number of carbonyl (C=O) groups is 1. The van der Waals surface area contributed by atoms with E-state index < -0.39 is 5.91 Å². The van der Waals surface area contributed by atoms with Crippen LogP contribution in [0.15, 0.2) is 48.0 Å². The molecule has 0 atom stereocenters. The summed E-state index contributed by atoms with van der Waals surface area (Å²) in [5.41, 5.74) is 7.98. The van der Waals surface area contributed by atoms with Crippen molar-refractivity contribution in [2.45, 2.75) is 26.7 Å². The van der Waals surface area contributed by atoms with E-state index in [0.717, 1.165) is 16.9 Å². The predicted molar refractivity (Wildman–Crippen MR) is 105 cm³/mol. The fourth-order valence-corrected chi connectivity index (χ4v) is 2.59. The zero-order chi connectivity index (χ0) is 19.8. The molecule has 5 heteroatoms. The average Bonchev–Trinajstić information content (AvgIpc) is 2.63. The number of amides is 1. The summed E-state index contributed by atoms with van der Waals surface area (Å²) in [7, 11) is 0. The highest BCUT2D eigenvalue weighted by Gasteiger charge is 2.09. The molecule has 5 nitrogen and oxygen atoms in total. The van der Waals surface area contributed by atoms with Gasteiger partial charge in [0.05, 0.1) is 0 Å². The summed E-state index contributed by atoms with van der Waals surface area (Å²) in [6.07, 6.45) is 1.43. The summed E-state index contributed by atoms with van der Waals surface area (Å²) in [6, 6.07) is 15.1. The minimum Gasteiger partial charge on any atom is -0.490 e. The second-order valence-corrected chi connectivity index (χ2v) is 6.46. The molecule has 2 aromatic rings. The van der Waals surface area contributed by atoms with Gasteiger partial charge in [0.15, 0.2) is 0 Å². The molecule has 0 spiro atoms. The normalized spacial score (nSPS) is 11.1. The number of hydrogen-bond acceptors (Lipinski definition) is 4. The van der Waals surface area contributed by atoms with Crippen molar-refractivity contribution in [2.24, 2.45) is 5.73 Å². The fraction of sp³-hybridized carbons (Fsp3) is 0.273. The Morgan fingerprint density at radius 3 is 2.44 bits per heavy atom. The van der Waals surface area contributed by atoms with Gasteiger partial charge in [0.1, 0.15) is 36.4 Å². The van der Waals surface area contributed by atoms with Crippen molar-refractivity contribution in [3.8, 4) is 17.6 Å². The molecule has 140 valence electrons. The first-order valence-corrected chi connectivity index (χ1v) is 8.79. The molecule has 0 aromatic heterocycles. The number of benzene rings is 2. The van der Waals surface area contributed by atoms with Gasteiger partial charge in [-0.05, 0) is 42.2 Å². The number of para-hydroxylation sites is 1. The van der Waals surface area contributed by atoms with Gasteiger partial charge in [-0.25, -0.2) is 0 Å². The first-order valence-electron chi connectivity index (χ1n) is 8.79. The van der Waals surface area contributed by atoms with Crippen LogP contribution in [0, 0.1) is 18.3 Å². The van der Waals surface area contributed by atoms with E-state index in [9.17, 15) is 4.79 Å². The van der Waals surface area contributed by atoms with Gasteiger partial charge >= 0.3 is 0 Å². The lowest BCUT2D eigenvalue weighted by atomic mass is 10.0. The standard InChI is InChI=1S/C22H24N2O3/c1-15(2)19-9-8-16(3)12-21(19)27-11-10-26-20-7-5-4-6-17(20)13-18(14-23)22(24)25/h4-9,12-13,15H,10-11H2,1-3H3,(H2,24,25). The Balaban J connectivity index is 2.04. The van der Waals surface area contributed by atoms with Crippen molar-refractivity contribution in [2.75, 3.05) is 13.2 Å². The number of aryl methyl sites for hydroxylation is 1. The van der Waals surface area contributed by atoms with Gasteiger partial charge in [0.25, 0.3) is 5.91 Å². The number of ether oxygens (including phenoxy) is 2. The molecule has 1 amide bonds. The van der Waals surface area contributed by atoms with E-state index in [2.05, 4.69) is 26.0 Å². The molecule has 2 rings (SSSR count). The minimum absolute atomic E-state index is 0.122. The Kier molecular flexibility index (Phi) is 7.01. The van der Waals surface area contributed by atoms with Gasteiger partial charge in [0.2, 0.25) is 0 Å². The number of carbonyl (C=O) groups excluding carboxylic acids is 1. The third-order valence-electron chi connectivity index (χ3n) is 3.99. The topological polar surface area (TPSA) is 85.3 Å². The molecule has 0 aliphatic rings. The average molecular weight is 364 g/mol. The molecule has 0 bridgehead atoms. The minimum atomic E-state index is -0.767. The molecular weight excluding hydrogens is 340 g/mol. The molecule has 0 saturated carbocycles. The van der Waals surface area contributed by atoms with Crippen molar-refractivity contribution in [3.05, 3.63) is 64.7 Å². The zero-order valence-electron chi connectivity index (χ0n) is 15.9. The SMILES string of the molecule is Cc1ccc(C(C)C)c(OCCOc2ccccc2C=C(C#N)C(N)=O)c1. The van der Waals surface area contributed by atoms with Crippen LogP contribution in [0.4, 0.5) is 0 Å². The van der Waals surface area contributed by atoms with Crippen LogP contribution in [0.25, 0.3) is 6.08 Å². The Bertz CT molecular complexity index is 879. The van der Waals surface area contributed by atoms with Gasteiger partial charge < -0.3 is 15.2 Å². The third-order valence-corrected chi connectivity index (χ3v) is 3.99. The van der Waals surface area contributed by atoms with E-state index in [-0.39, 0.29) is 5.57 Å². The maximum atomic E-state index is 11.2. The van der Waals surface area contributed by atoms with Crippen LogP contribution in [0.5, 0.6) is 11.5 Å². The second kappa shape index (κ2) is 9.44. The summed E-state index contributed by atoms with van der Waals surface area (Å²) < 4.78 is 11.7. The molecule has 0 radical (unpaired) electrons. The highest BCUT2D eigenvalue weighted by molar-refractivity contribution is 6.00. The van der Waals surface area contributed by atoms with Crippen molar-refractivity contribution in [1.29, 1.82) is 5.26 Å². The van der Waals surface area contributed by atoms with E-state index in [4.69, 9.17) is 20.5 Å². The number of nitriles is 1. The van der Waals surface area contributed by atoms with Gasteiger partial charge in [0, 0.05) is 5.56 Å². The van der Waals surface area contributed by atoms with Crippen LogP contribution in [0.3, 0.4) is 0 Å². The number of rotatable bonds is 8. The molecule has 2 aromatic carbocycles. The highest BCUT2D eigenvalue weighted by Crippen LogP contribution is 2.27. The molecule has 0 unspecified atom stereocenters. The van der Waals surface area contributed by atoms with E-state index >= 15 is 0 Å². The molecule has 0 aliphatic heterocycles. The lowest BCUT2D eigenvalue weighted by molar-refractivity contribution is -0.114. The van der Waals surface area contributed by atoms with Crippen LogP contribution in [-0.2, 0) is 4.79 Å². The summed E-state index contributed by atoms with van der Waals surface area (Å²) in [4.78, 5) is 11.2. The Morgan fingerprint density at radius 2 is 1.81 bits per heavy atom. The van der Waals surface area contributed by atoms with Crippen LogP contribution in [-0.4, -0.2) is 19.1 Å². The van der Waals surface area contributed by atoms with Gasteiger partial charge in [-0.3, -0.25) is 4.79 Å². The van der Waals surface area contributed by atoms with Crippen molar-refractivity contribution >= 4 is 12.0 Å². The first-order chi connectivity index (χ1) is 12.9.